The lowest BCUT2D eigenvalue weighted by Crippen LogP contribution is -2.25. The normalized spacial score (nSPS) is 10.9. The van der Waals surface area contributed by atoms with E-state index in [4.69, 9.17) is 16.0 Å². The second-order valence-electron chi connectivity index (χ2n) is 5.25. The van der Waals surface area contributed by atoms with Crippen LogP contribution >= 0.6 is 11.6 Å². The van der Waals surface area contributed by atoms with Crippen LogP contribution in [0.25, 0.3) is 11.1 Å². The molecule has 0 saturated carbocycles. The number of amides is 1. The minimum absolute atomic E-state index is 0.167. The highest BCUT2D eigenvalue weighted by atomic mass is 35.5. The number of aryl methyl sites for hydroxylation is 1. The van der Waals surface area contributed by atoms with E-state index in [1.54, 1.807) is 31.3 Å². The van der Waals surface area contributed by atoms with Gasteiger partial charge < -0.3 is 9.73 Å². The van der Waals surface area contributed by atoms with Crippen LogP contribution in [0.15, 0.2) is 51.7 Å². The van der Waals surface area contributed by atoms with Crippen molar-refractivity contribution in [3.63, 3.8) is 0 Å². The molecule has 0 aliphatic rings. The number of aromatic nitrogens is 1. The number of oxazole rings is 1. The summed E-state index contributed by atoms with van der Waals surface area (Å²) in [6.45, 7) is 0.480. The van der Waals surface area contributed by atoms with Crippen LogP contribution in [-0.4, -0.2) is 17.0 Å². The minimum Gasteiger partial charge on any atom is -0.408 e. The molecule has 118 valence electrons. The van der Waals surface area contributed by atoms with Crippen molar-refractivity contribution in [2.75, 3.05) is 6.54 Å². The number of carbonyl (C=O) groups excluding carboxylic acids is 1. The van der Waals surface area contributed by atoms with Crippen molar-refractivity contribution in [3.8, 4) is 0 Å². The van der Waals surface area contributed by atoms with E-state index in [1.165, 1.54) is 4.57 Å². The Morgan fingerprint density at radius 2 is 2.09 bits per heavy atom. The lowest BCUT2D eigenvalue weighted by atomic mass is 10.1. The first-order chi connectivity index (χ1) is 11.0. The number of nitrogens with zero attached hydrogens (tertiary/aromatic N) is 1. The number of halogens is 1. The maximum Gasteiger partial charge on any atom is 0.419 e. The van der Waals surface area contributed by atoms with Crippen LogP contribution in [0.1, 0.15) is 15.9 Å². The van der Waals surface area contributed by atoms with Gasteiger partial charge in [-0.15, -0.1) is 0 Å². The van der Waals surface area contributed by atoms with E-state index in [2.05, 4.69) is 5.32 Å². The van der Waals surface area contributed by atoms with Crippen molar-refractivity contribution < 1.29 is 9.21 Å². The average molecular weight is 331 g/mol. The Bertz CT molecular complexity index is 927. The van der Waals surface area contributed by atoms with Gasteiger partial charge in [-0.05, 0) is 42.3 Å². The molecule has 0 aliphatic heterocycles. The molecule has 23 heavy (non-hydrogen) atoms. The van der Waals surface area contributed by atoms with Gasteiger partial charge in [0, 0.05) is 24.2 Å². The average Bonchev–Trinajstić information content (AvgIpc) is 2.81. The van der Waals surface area contributed by atoms with Gasteiger partial charge in [-0.2, -0.15) is 0 Å². The summed E-state index contributed by atoms with van der Waals surface area (Å²) in [4.78, 5) is 23.5. The molecule has 5 nitrogen and oxygen atoms in total. The molecule has 3 aromatic rings. The van der Waals surface area contributed by atoms with Crippen molar-refractivity contribution in [2.45, 2.75) is 6.42 Å². The zero-order valence-electron chi connectivity index (χ0n) is 12.5. The molecule has 2 aromatic carbocycles. The third kappa shape index (κ3) is 3.29. The Morgan fingerprint density at radius 1 is 1.26 bits per heavy atom. The van der Waals surface area contributed by atoms with Gasteiger partial charge in [0.05, 0.1) is 5.52 Å². The van der Waals surface area contributed by atoms with Crippen molar-refractivity contribution in [1.29, 1.82) is 0 Å². The number of carbonyl (C=O) groups is 1. The molecule has 1 amide bonds. The minimum atomic E-state index is -0.383. The fourth-order valence-electron chi connectivity index (χ4n) is 2.39. The fraction of sp³-hybridized carbons (Fsp3) is 0.176. The molecule has 1 heterocycles. The van der Waals surface area contributed by atoms with Gasteiger partial charge in [0.15, 0.2) is 5.58 Å². The van der Waals surface area contributed by atoms with E-state index in [0.29, 0.717) is 29.1 Å². The quantitative estimate of drug-likeness (QED) is 0.800. The number of rotatable bonds is 4. The summed E-state index contributed by atoms with van der Waals surface area (Å²) in [5.74, 6) is -0.550. The van der Waals surface area contributed by atoms with Gasteiger partial charge >= 0.3 is 5.76 Å². The summed E-state index contributed by atoms with van der Waals surface area (Å²) in [6.07, 6.45) is 0.640. The van der Waals surface area contributed by atoms with E-state index >= 15 is 0 Å². The van der Waals surface area contributed by atoms with Gasteiger partial charge in [-0.1, -0.05) is 23.7 Å². The maximum atomic E-state index is 12.0. The molecule has 1 N–H and O–H groups in total. The predicted octanol–water partition coefficient (Wildman–Crippen LogP) is 2.76. The third-order valence-corrected chi connectivity index (χ3v) is 3.88. The van der Waals surface area contributed by atoms with Gasteiger partial charge in [0.1, 0.15) is 0 Å². The lowest BCUT2D eigenvalue weighted by molar-refractivity contribution is 0.0954. The molecular weight excluding hydrogens is 316 g/mol. The first-order valence-corrected chi connectivity index (χ1v) is 7.54. The molecule has 0 radical (unpaired) electrons. The summed E-state index contributed by atoms with van der Waals surface area (Å²) >= 11 is 5.87. The number of hydrogen-bond acceptors (Lipinski definition) is 3. The Morgan fingerprint density at radius 3 is 2.87 bits per heavy atom. The standard InChI is InChI=1S/C17H15ClN2O3/c1-20-14-6-5-11(9-15(14)23-17(20)22)7-8-19-16(21)12-3-2-4-13(18)10-12/h2-6,9-10H,7-8H2,1H3,(H,19,21). The Labute approximate surface area is 137 Å². The molecule has 0 saturated heterocycles. The van der Waals surface area contributed by atoms with Crippen LogP contribution in [0.5, 0.6) is 0 Å². The van der Waals surface area contributed by atoms with Crippen LogP contribution in [0.2, 0.25) is 5.02 Å². The molecule has 0 spiro atoms. The first-order valence-electron chi connectivity index (χ1n) is 7.17. The fourth-order valence-corrected chi connectivity index (χ4v) is 2.58. The topological polar surface area (TPSA) is 64.2 Å². The zero-order chi connectivity index (χ0) is 16.4. The highest BCUT2D eigenvalue weighted by molar-refractivity contribution is 6.30. The SMILES string of the molecule is Cn1c(=O)oc2cc(CCNC(=O)c3cccc(Cl)c3)ccc21. The highest BCUT2D eigenvalue weighted by Gasteiger charge is 2.08. The van der Waals surface area contributed by atoms with Crippen LogP contribution in [0, 0.1) is 0 Å². The summed E-state index contributed by atoms with van der Waals surface area (Å²) in [6, 6.07) is 12.4. The van der Waals surface area contributed by atoms with E-state index in [1.807, 2.05) is 18.2 Å². The summed E-state index contributed by atoms with van der Waals surface area (Å²) in [5.41, 5.74) is 2.82. The van der Waals surface area contributed by atoms with E-state index < -0.39 is 0 Å². The zero-order valence-corrected chi connectivity index (χ0v) is 13.3. The second kappa shape index (κ2) is 6.30. The van der Waals surface area contributed by atoms with Crippen molar-refractivity contribution in [3.05, 3.63) is 69.2 Å². The summed E-state index contributed by atoms with van der Waals surface area (Å²) in [5, 5.41) is 3.37. The predicted molar refractivity (Wildman–Crippen MR) is 88.9 cm³/mol. The van der Waals surface area contributed by atoms with Crippen molar-refractivity contribution in [1.82, 2.24) is 9.88 Å². The number of nitrogens with one attached hydrogen (secondary N) is 1. The Kier molecular flexibility index (Phi) is 4.21. The molecule has 3 rings (SSSR count). The molecule has 0 aliphatic carbocycles. The van der Waals surface area contributed by atoms with Crippen LogP contribution in [0.3, 0.4) is 0 Å². The number of hydrogen-bond donors (Lipinski definition) is 1. The third-order valence-electron chi connectivity index (χ3n) is 3.64. The van der Waals surface area contributed by atoms with Gasteiger partial charge in [0.2, 0.25) is 0 Å². The molecule has 1 aromatic heterocycles. The first kappa shape index (κ1) is 15.4. The lowest BCUT2D eigenvalue weighted by Gasteiger charge is -2.06. The maximum absolute atomic E-state index is 12.0. The molecule has 0 fully saturated rings. The van der Waals surface area contributed by atoms with Crippen molar-refractivity contribution >= 4 is 28.6 Å². The molecule has 0 bridgehead atoms. The van der Waals surface area contributed by atoms with Crippen LogP contribution in [0.4, 0.5) is 0 Å². The van der Waals surface area contributed by atoms with E-state index in [-0.39, 0.29) is 11.7 Å². The number of benzene rings is 2. The second-order valence-corrected chi connectivity index (χ2v) is 5.68. The van der Waals surface area contributed by atoms with E-state index in [9.17, 15) is 9.59 Å². The molecule has 0 unspecified atom stereocenters. The largest absolute Gasteiger partial charge is 0.419 e. The van der Waals surface area contributed by atoms with Gasteiger partial charge in [-0.3, -0.25) is 9.36 Å². The molecule has 0 atom stereocenters. The smallest absolute Gasteiger partial charge is 0.408 e. The molecular formula is C17H15ClN2O3. The van der Waals surface area contributed by atoms with Gasteiger partial charge in [0.25, 0.3) is 5.91 Å². The Balaban J connectivity index is 1.64. The monoisotopic (exact) mass is 330 g/mol. The van der Waals surface area contributed by atoms with E-state index in [0.717, 1.165) is 11.1 Å². The van der Waals surface area contributed by atoms with Gasteiger partial charge in [-0.25, -0.2) is 4.79 Å². The summed E-state index contributed by atoms with van der Waals surface area (Å²) < 4.78 is 6.61. The van der Waals surface area contributed by atoms with Crippen molar-refractivity contribution in [2.24, 2.45) is 7.05 Å². The molecule has 6 heteroatoms. The van der Waals surface area contributed by atoms with Crippen LogP contribution in [-0.2, 0) is 13.5 Å². The highest BCUT2D eigenvalue weighted by Crippen LogP contribution is 2.14. The number of fused-ring (bicyclic) bond motifs is 1. The Hall–Kier alpha value is -2.53. The van der Waals surface area contributed by atoms with Crippen LogP contribution < -0.4 is 11.1 Å². The summed E-state index contributed by atoms with van der Waals surface area (Å²) in [7, 11) is 1.67.